The smallest absolute Gasteiger partial charge is 0.266 e. The number of fused-ring (bicyclic) bond motifs is 1. The van der Waals surface area contributed by atoms with Crippen molar-refractivity contribution in [3.63, 3.8) is 0 Å². The highest BCUT2D eigenvalue weighted by molar-refractivity contribution is 5.80. The molecule has 0 saturated carbocycles. The lowest BCUT2D eigenvalue weighted by Gasteiger charge is -2.29. The zero-order valence-electron chi connectivity index (χ0n) is 16.3. The molecule has 5 rings (SSSR count). The van der Waals surface area contributed by atoms with E-state index in [0.717, 1.165) is 29.9 Å². The van der Waals surface area contributed by atoms with Gasteiger partial charge in [-0.15, -0.1) is 0 Å². The fourth-order valence-corrected chi connectivity index (χ4v) is 4.12. The Hall–Kier alpha value is -3.40. The number of piperidine rings is 1. The topological polar surface area (TPSA) is 38.1 Å². The number of rotatable bonds is 3. The predicted molar refractivity (Wildman–Crippen MR) is 119 cm³/mol. The lowest BCUT2D eigenvalue weighted by Crippen LogP contribution is -2.29. The van der Waals surface area contributed by atoms with Crippen LogP contribution in [0.3, 0.4) is 0 Å². The van der Waals surface area contributed by atoms with Gasteiger partial charge in [0, 0.05) is 24.3 Å². The molecule has 1 aliphatic heterocycles. The second-order valence-electron chi connectivity index (χ2n) is 7.52. The number of aromatic nitrogens is 2. The van der Waals surface area contributed by atoms with Gasteiger partial charge in [0.1, 0.15) is 5.82 Å². The van der Waals surface area contributed by atoms with Crippen LogP contribution in [0.1, 0.15) is 19.3 Å². The molecule has 4 nitrogen and oxygen atoms in total. The van der Waals surface area contributed by atoms with Gasteiger partial charge in [0.2, 0.25) is 0 Å². The molecule has 4 aromatic rings. The maximum Gasteiger partial charge on any atom is 0.266 e. The summed E-state index contributed by atoms with van der Waals surface area (Å²) in [7, 11) is 0. The maximum atomic E-state index is 13.4. The molecule has 3 aromatic carbocycles. The van der Waals surface area contributed by atoms with Gasteiger partial charge < -0.3 is 4.90 Å². The van der Waals surface area contributed by atoms with Gasteiger partial charge in [-0.25, -0.2) is 4.98 Å². The molecule has 0 N–H and O–H groups in total. The van der Waals surface area contributed by atoms with Gasteiger partial charge in [0.05, 0.1) is 16.6 Å². The van der Waals surface area contributed by atoms with Crippen molar-refractivity contribution in [3.05, 3.63) is 89.2 Å². The third kappa shape index (κ3) is 3.31. The number of para-hydroxylation sites is 1. The minimum atomic E-state index is -0.0415. The summed E-state index contributed by atoms with van der Waals surface area (Å²) in [6.07, 6.45) is 3.80. The van der Waals surface area contributed by atoms with Crippen molar-refractivity contribution in [2.24, 2.45) is 0 Å². The van der Waals surface area contributed by atoms with Crippen molar-refractivity contribution < 1.29 is 0 Å². The largest absolute Gasteiger partial charge is 0.372 e. The Morgan fingerprint density at radius 2 is 1.34 bits per heavy atom. The summed E-state index contributed by atoms with van der Waals surface area (Å²) in [4.78, 5) is 20.7. The Morgan fingerprint density at radius 1 is 0.690 bits per heavy atom. The number of nitrogens with zero attached hydrogens (tertiary/aromatic N) is 3. The van der Waals surface area contributed by atoms with Gasteiger partial charge in [-0.3, -0.25) is 9.36 Å². The van der Waals surface area contributed by atoms with E-state index < -0.39 is 0 Å². The van der Waals surface area contributed by atoms with Crippen molar-refractivity contribution in [1.82, 2.24) is 9.55 Å². The molecule has 144 valence electrons. The van der Waals surface area contributed by atoms with Crippen molar-refractivity contribution in [3.8, 4) is 17.1 Å². The van der Waals surface area contributed by atoms with E-state index in [0.29, 0.717) is 11.2 Å². The first-order valence-electron chi connectivity index (χ1n) is 10.2. The zero-order chi connectivity index (χ0) is 19.6. The normalized spacial score (nSPS) is 14.3. The van der Waals surface area contributed by atoms with Crippen LogP contribution in [0.4, 0.5) is 5.69 Å². The maximum absolute atomic E-state index is 13.4. The Balaban J connectivity index is 1.67. The van der Waals surface area contributed by atoms with Crippen LogP contribution in [-0.4, -0.2) is 22.6 Å². The average Bonchev–Trinajstić information content (AvgIpc) is 2.80. The van der Waals surface area contributed by atoms with Crippen LogP contribution in [0.15, 0.2) is 83.7 Å². The van der Waals surface area contributed by atoms with Gasteiger partial charge in [0.15, 0.2) is 0 Å². The number of benzene rings is 3. The molecule has 2 heterocycles. The van der Waals surface area contributed by atoms with Crippen LogP contribution in [0.2, 0.25) is 0 Å². The van der Waals surface area contributed by atoms with Gasteiger partial charge in [0.25, 0.3) is 5.56 Å². The summed E-state index contributed by atoms with van der Waals surface area (Å²) in [5.41, 5.74) is 3.66. The highest BCUT2D eigenvalue weighted by Crippen LogP contribution is 2.25. The quantitative estimate of drug-likeness (QED) is 0.499. The highest BCUT2D eigenvalue weighted by atomic mass is 16.1. The van der Waals surface area contributed by atoms with Crippen LogP contribution in [0.5, 0.6) is 0 Å². The summed E-state index contributed by atoms with van der Waals surface area (Å²) >= 11 is 0. The fourth-order valence-electron chi connectivity index (χ4n) is 4.12. The van der Waals surface area contributed by atoms with Crippen molar-refractivity contribution in [2.75, 3.05) is 18.0 Å². The molecule has 1 aliphatic rings. The van der Waals surface area contributed by atoms with E-state index in [4.69, 9.17) is 4.98 Å². The lowest BCUT2D eigenvalue weighted by atomic mass is 10.1. The Kier molecular flexibility index (Phi) is 4.60. The summed E-state index contributed by atoms with van der Waals surface area (Å²) in [6.45, 7) is 2.21. The van der Waals surface area contributed by atoms with Crippen molar-refractivity contribution in [1.29, 1.82) is 0 Å². The molecule has 0 atom stereocenters. The monoisotopic (exact) mass is 381 g/mol. The Labute approximate surface area is 170 Å². The first kappa shape index (κ1) is 17.7. The first-order chi connectivity index (χ1) is 14.3. The van der Waals surface area contributed by atoms with Gasteiger partial charge >= 0.3 is 0 Å². The summed E-state index contributed by atoms with van der Waals surface area (Å²) in [5.74, 6) is 0.667. The van der Waals surface area contributed by atoms with Gasteiger partial charge in [-0.05, 0) is 55.7 Å². The fraction of sp³-hybridized carbons (Fsp3) is 0.200. The molecule has 0 amide bonds. The van der Waals surface area contributed by atoms with Crippen molar-refractivity contribution >= 4 is 16.6 Å². The first-order valence-corrected chi connectivity index (χ1v) is 10.2. The zero-order valence-corrected chi connectivity index (χ0v) is 16.3. The third-order valence-corrected chi connectivity index (χ3v) is 5.64. The van der Waals surface area contributed by atoms with E-state index >= 15 is 0 Å². The second kappa shape index (κ2) is 7.55. The second-order valence-corrected chi connectivity index (χ2v) is 7.52. The Morgan fingerprint density at radius 3 is 2.10 bits per heavy atom. The van der Waals surface area contributed by atoms with Crippen LogP contribution in [0.25, 0.3) is 28.0 Å². The standard InChI is InChI=1S/C25H23N3O/c29-25-22-11-5-6-12-23(22)26-24(19-9-3-1-4-10-19)28(25)21-15-13-20(14-16-21)27-17-7-2-8-18-27/h1,3-6,9-16H,2,7-8,17-18H2. The average molecular weight is 381 g/mol. The van der Waals surface area contributed by atoms with E-state index in [9.17, 15) is 4.79 Å². The number of hydrogen-bond donors (Lipinski definition) is 0. The van der Waals surface area contributed by atoms with E-state index in [1.54, 1.807) is 4.57 Å². The molecule has 1 saturated heterocycles. The van der Waals surface area contributed by atoms with Crippen LogP contribution in [-0.2, 0) is 0 Å². The SMILES string of the molecule is O=c1c2ccccc2nc(-c2ccccc2)n1-c1ccc(N2CCCCC2)cc1. The highest BCUT2D eigenvalue weighted by Gasteiger charge is 2.15. The lowest BCUT2D eigenvalue weighted by molar-refractivity contribution is 0.578. The molecule has 0 spiro atoms. The summed E-state index contributed by atoms with van der Waals surface area (Å²) in [6, 6.07) is 25.8. The van der Waals surface area contributed by atoms with E-state index in [1.807, 2.05) is 66.7 Å². The number of hydrogen-bond acceptors (Lipinski definition) is 3. The molecular weight excluding hydrogens is 358 g/mol. The third-order valence-electron chi connectivity index (χ3n) is 5.64. The molecule has 0 unspecified atom stereocenters. The van der Waals surface area contributed by atoms with Crippen LogP contribution < -0.4 is 10.5 Å². The van der Waals surface area contributed by atoms with E-state index in [-0.39, 0.29) is 5.56 Å². The van der Waals surface area contributed by atoms with Crippen LogP contribution in [0, 0.1) is 0 Å². The molecule has 1 aromatic heterocycles. The summed E-state index contributed by atoms with van der Waals surface area (Å²) in [5, 5.41) is 0.632. The molecule has 4 heteroatoms. The van der Waals surface area contributed by atoms with E-state index in [2.05, 4.69) is 17.0 Å². The summed E-state index contributed by atoms with van der Waals surface area (Å²) < 4.78 is 1.73. The van der Waals surface area contributed by atoms with Crippen molar-refractivity contribution in [2.45, 2.75) is 19.3 Å². The molecule has 0 bridgehead atoms. The van der Waals surface area contributed by atoms with E-state index in [1.165, 1.54) is 24.9 Å². The number of anilines is 1. The molecule has 0 aliphatic carbocycles. The minimum absolute atomic E-state index is 0.0415. The molecule has 1 fully saturated rings. The minimum Gasteiger partial charge on any atom is -0.372 e. The van der Waals surface area contributed by atoms with Gasteiger partial charge in [-0.2, -0.15) is 0 Å². The van der Waals surface area contributed by atoms with Gasteiger partial charge in [-0.1, -0.05) is 42.5 Å². The molecule has 0 radical (unpaired) electrons. The van der Waals surface area contributed by atoms with Crippen LogP contribution >= 0.6 is 0 Å². The molecular formula is C25H23N3O. The molecule has 29 heavy (non-hydrogen) atoms. The predicted octanol–water partition coefficient (Wildman–Crippen LogP) is 5.04. The Bertz CT molecular complexity index is 1190.